The van der Waals surface area contributed by atoms with Gasteiger partial charge in [0.1, 0.15) is 0 Å². The van der Waals surface area contributed by atoms with Crippen molar-refractivity contribution >= 4 is 16.5 Å². The number of para-hydroxylation sites is 1. The first kappa shape index (κ1) is 26.6. The highest BCUT2D eigenvalue weighted by Gasteiger charge is 2.49. The van der Waals surface area contributed by atoms with Crippen molar-refractivity contribution in [2.75, 3.05) is 13.7 Å². The Morgan fingerprint density at radius 1 is 0.944 bits per heavy atom. The molecule has 1 aliphatic rings. The largest absolute Gasteiger partial charge is 0.381 e. The van der Waals surface area contributed by atoms with Crippen LogP contribution in [0.4, 0.5) is 0 Å². The molecule has 36 heavy (non-hydrogen) atoms. The smallest absolute Gasteiger partial charge is 0.214 e. The molecule has 0 N–H and O–H groups in total. The van der Waals surface area contributed by atoms with Crippen LogP contribution in [0.3, 0.4) is 0 Å². The average Bonchev–Trinajstić information content (AvgIpc) is 2.88. The van der Waals surface area contributed by atoms with Gasteiger partial charge in [-0.2, -0.15) is 4.57 Å². The summed E-state index contributed by atoms with van der Waals surface area (Å²) in [5, 5.41) is 1.28. The highest BCUT2D eigenvalue weighted by atomic mass is 16.5. The molecule has 2 aromatic carbocycles. The molecule has 3 nitrogen and oxygen atoms in total. The molecule has 0 bridgehead atoms. The zero-order chi connectivity index (χ0) is 26.0. The number of rotatable bonds is 9. The fourth-order valence-electron chi connectivity index (χ4n) is 6.62. The van der Waals surface area contributed by atoms with Gasteiger partial charge < -0.3 is 9.47 Å². The van der Waals surface area contributed by atoms with Gasteiger partial charge in [0.2, 0.25) is 11.2 Å². The SMILES string of the molecule is CCC(C(C)OC)C(C)OCC=C1c2c(C)cc(C)cc2-c2ccc3ccccc3[n+]2C1(CC)CC. The van der Waals surface area contributed by atoms with Crippen LogP contribution in [0.1, 0.15) is 70.6 Å². The summed E-state index contributed by atoms with van der Waals surface area (Å²) in [6.45, 7) is 16.3. The lowest BCUT2D eigenvalue weighted by atomic mass is 9.72. The Kier molecular flexibility index (Phi) is 8.02. The van der Waals surface area contributed by atoms with Crippen LogP contribution in [0.15, 0.2) is 54.6 Å². The molecule has 3 aromatic rings. The van der Waals surface area contributed by atoms with Crippen molar-refractivity contribution in [1.82, 2.24) is 0 Å². The van der Waals surface area contributed by atoms with E-state index in [-0.39, 0.29) is 17.7 Å². The van der Waals surface area contributed by atoms with Crippen molar-refractivity contribution in [2.24, 2.45) is 5.92 Å². The van der Waals surface area contributed by atoms with Gasteiger partial charge in [-0.25, -0.2) is 0 Å². The molecular weight excluding hydrogens is 442 g/mol. The van der Waals surface area contributed by atoms with Crippen LogP contribution >= 0.6 is 0 Å². The third-order valence-electron chi connectivity index (χ3n) is 8.66. The van der Waals surface area contributed by atoms with Crippen LogP contribution in [0.25, 0.3) is 27.7 Å². The molecule has 0 aliphatic carbocycles. The molecule has 0 amide bonds. The number of hydrogen-bond acceptors (Lipinski definition) is 2. The summed E-state index contributed by atoms with van der Waals surface area (Å²) in [4.78, 5) is 0. The molecule has 3 atom stereocenters. The van der Waals surface area contributed by atoms with E-state index in [1.165, 1.54) is 44.4 Å². The topological polar surface area (TPSA) is 22.3 Å². The van der Waals surface area contributed by atoms with Crippen molar-refractivity contribution in [1.29, 1.82) is 0 Å². The maximum absolute atomic E-state index is 6.49. The minimum Gasteiger partial charge on any atom is -0.381 e. The van der Waals surface area contributed by atoms with Crippen molar-refractivity contribution < 1.29 is 14.0 Å². The Hall–Kier alpha value is -2.49. The number of benzene rings is 2. The Labute approximate surface area is 218 Å². The lowest BCUT2D eigenvalue weighted by Gasteiger charge is -2.37. The molecule has 1 aliphatic heterocycles. The van der Waals surface area contributed by atoms with E-state index in [1.807, 2.05) is 0 Å². The van der Waals surface area contributed by atoms with E-state index < -0.39 is 0 Å². The third kappa shape index (κ3) is 4.41. The normalized spacial score (nSPS) is 18.1. The highest BCUT2D eigenvalue weighted by molar-refractivity contribution is 5.88. The summed E-state index contributed by atoms with van der Waals surface area (Å²) in [5.41, 5.74) is 9.22. The van der Waals surface area contributed by atoms with E-state index in [1.54, 1.807) is 7.11 Å². The fourth-order valence-corrected chi connectivity index (χ4v) is 6.62. The molecule has 192 valence electrons. The van der Waals surface area contributed by atoms with E-state index in [4.69, 9.17) is 9.47 Å². The number of pyridine rings is 1. The molecule has 3 unspecified atom stereocenters. The Morgan fingerprint density at radius 3 is 2.33 bits per heavy atom. The number of ether oxygens (including phenoxy) is 2. The molecule has 3 heteroatoms. The predicted octanol–water partition coefficient (Wildman–Crippen LogP) is 7.79. The molecule has 4 rings (SSSR count). The molecule has 0 spiro atoms. The molecule has 0 fully saturated rings. The first-order valence-corrected chi connectivity index (χ1v) is 13.7. The lowest BCUT2D eigenvalue weighted by molar-refractivity contribution is -0.718. The lowest BCUT2D eigenvalue weighted by Crippen LogP contribution is -2.60. The maximum Gasteiger partial charge on any atom is 0.214 e. The zero-order valence-electron chi connectivity index (χ0n) is 23.5. The maximum atomic E-state index is 6.49. The van der Waals surface area contributed by atoms with E-state index >= 15 is 0 Å². The van der Waals surface area contributed by atoms with Gasteiger partial charge in [0.25, 0.3) is 0 Å². The number of aromatic nitrogens is 1. The second-order valence-electron chi connectivity index (χ2n) is 10.5. The van der Waals surface area contributed by atoms with Gasteiger partial charge in [-0.1, -0.05) is 39.0 Å². The van der Waals surface area contributed by atoms with Gasteiger partial charge in [-0.05, 0) is 69.5 Å². The Morgan fingerprint density at radius 2 is 1.67 bits per heavy atom. The number of nitrogens with zero attached hydrogens (tertiary/aromatic N) is 1. The van der Waals surface area contributed by atoms with Gasteiger partial charge >= 0.3 is 0 Å². The fraction of sp³-hybridized carbons (Fsp3) is 0.485. The number of fused-ring (bicyclic) bond motifs is 5. The quantitative estimate of drug-likeness (QED) is 0.288. The van der Waals surface area contributed by atoms with Crippen LogP contribution in [0.2, 0.25) is 0 Å². The molecule has 1 aromatic heterocycles. The average molecular weight is 487 g/mol. The van der Waals surface area contributed by atoms with Crippen LogP contribution in [0, 0.1) is 19.8 Å². The van der Waals surface area contributed by atoms with Gasteiger partial charge in [-0.15, -0.1) is 0 Å². The van der Waals surface area contributed by atoms with Gasteiger partial charge in [-0.3, -0.25) is 0 Å². The molecule has 0 radical (unpaired) electrons. The number of hydrogen-bond donors (Lipinski definition) is 0. The van der Waals surface area contributed by atoms with Crippen LogP contribution in [-0.4, -0.2) is 25.9 Å². The van der Waals surface area contributed by atoms with Crippen LogP contribution < -0.4 is 4.57 Å². The Balaban J connectivity index is 1.90. The van der Waals surface area contributed by atoms with Gasteiger partial charge in [0, 0.05) is 54.5 Å². The summed E-state index contributed by atoms with van der Waals surface area (Å²) in [5.74, 6) is 0.373. The first-order valence-electron chi connectivity index (χ1n) is 13.7. The van der Waals surface area contributed by atoms with Crippen molar-refractivity contribution in [3.05, 3.63) is 71.3 Å². The molecule has 0 saturated carbocycles. The van der Waals surface area contributed by atoms with Crippen LogP contribution in [0.5, 0.6) is 0 Å². The second-order valence-corrected chi connectivity index (χ2v) is 10.5. The van der Waals surface area contributed by atoms with E-state index in [2.05, 4.69) is 108 Å². The molecule has 2 heterocycles. The zero-order valence-corrected chi connectivity index (χ0v) is 23.5. The summed E-state index contributed by atoms with van der Waals surface area (Å²) in [6.07, 6.45) is 5.76. The summed E-state index contributed by atoms with van der Waals surface area (Å²) in [7, 11) is 1.79. The van der Waals surface area contributed by atoms with Crippen molar-refractivity contribution in [3.8, 4) is 11.3 Å². The first-order chi connectivity index (χ1) is 17.3. The number of aryl methyl sites for hydroxylation is 2. The minimum absolute atomic E-state index is 0.127. The molecule has 0 saturated heterocycles. The second kappa shape index (κ2) is 10.9. The van der Waals surface area contributed by atoms with Crippen LogP contribution in [-0.2, 0) is 15.0 Å². The van der Waals surface area contributed by atoms with E-state index in [9.17, 15) is 0 Å². The van der Waals surface area contributed by atoms with Crippen molar-refractivity contribution in [2.45, 2.75) is 85.5 Å². The van der Waals surface area contributed by atoms with E-state index in [0.717, 1.165) is 19.3 Å². The van der Waals surface area contributed by atoms with E-state index in [0.29, 0.717) is 12.5 Å². The number of methoxy groups -OCH3 is 1. The third-order valence-corrected chi connectivity index (χ3v) is 8.66. The standard InChI is InChI=1S/C33H44NO2/c1-9-27(24(6)35-8)25(7)36-19-18-29-32-23(5)20-22(4)21-28(32)31-17-16-26-14-12-13-15-30(26)34(31)33(29,10-2)11-3/h12-18,20-21,24-25,27H,9-11,19H2,1-8H3/q+1. The Bertz CT molecular complexity index is 1250. The van der Waals surface area contributed by atoms with Gasteiger partial charge in [0.15, 0.2) is 5.54 Å². The predicted molar refractivity (Wildman–Crippen MR) is 151 cm³/mol. The van der Waals surface area contributed by atoms with Gasteiger partial charge in [0.05, 0.1) is 24.4 Å². The molecular formula is C33H44NO2+. The summed E-state index contributed by atoms with van der Waals surface area (Å²) < 4.78 is 14.8. The highest BCUT2D eigenvalue weighted by Crippen LogP contribution is 2.47. The van der Waals surface area contributed by atoms with Crippen molar-refractivity contribution in [3.63, 3.8) is 0 Å². The monoisotopic (exact) mass is 486 g/mol. The number of allylic oxidation sites excluding steroid dienone is 1. The summed E-state index contributed by atoms with van der Waals surface area (Å²) >= 11 is 0. The summed E-state index contributed by atoms with van der Waals surface area (Å²) in [6, 6.07) is 18.1. The minimum atomic E-state index is -0.139.